The van der Waals surface area contributed by atoms with E-state index in [0.29, 0.717) is 5.57 Å². The van der Waals surface area contributed by atoms with Crippen molar-refractivity contribution in [3.63, 3.8) is 0 Å². The van der Waals surface area contributed by atoms with Crippen LogP contribution >= 0.6 is 0 Å². The van der Waals surface area contributed by atoms with Crippen LogP contribution in [0.25, 0.3) is 11.1 Å². The molecule has 0 saturated heterocycles. The lowest BCUT2D eigenvalue weighted by molar-refractivity contribution is -0.141. The Morgan fingerprint density at radius 1 is 0.880 bits per heavy atom. The maximum Gasteiger partial charge on any atom is 0.340 e. The van der Waals surface area contributed by atoms with Crippen molar-refractivity contribution in [2.24, 2.45) is 0 Å². The minimum Gasteiger partial charge on any atom is -0.451 e. The number of carbonyl (C=O) groups is 1. The summed E-state index contributed by atoms with van der Waals surface area (Å²) in [6, 6.07) is 14.3. The van der Waals surface area contributed by atoms with Crippen LogP contribution in [-0.4, -0.2) is 26.2 Å². The molecule has 25 heavy (non-hydrogen) atoms. The minimum atomic E-state index is -3.27. The van der Waals surface area contributed by atoms with Crippen molar-refractivity contribution in [2.45, 2.75) is 31.3 Å². The number of hydrogen-bond acceptors (Lipinski definition) is 4. The zero-order valence-corrected chi connectivity index (χ0v) is 15.5. The summed E-state index contributed by atoms with van der Waals surface area (Å²) in [7, 11) is -3.27. The van der Waals surface area contributed by atoms with Crippen molar-refractivity contribution in [1.82, 2.24) is 0 Å². The van der Waals surface area contributed by atoms with Gasteiger partial charge in [-0.15, -0.1) is 0 Å². The highest BCUT2D eigenvalue weighted by atomic mass is 32.2. The first-order valence-corrected chi connectivity index (χ1v) is 9.84. The minimum absolute atomic E-state index is 0.247. The van der Waals surface area contributed by atoms with Gasteiger partial charge in [0, 0.05) is 11.8 Å². The molecule has 0 aromatic heterocycles. The summed E-state index contributed by atoms with van der Waals surface area (Å²) in [6.07, 6.45) is 1.17. The first kappa shape index (κ1) is 17.4. The molecule has 0 fully saturated rings. The average molecular weight is 356 g/mol. The molecule has 0 atom stereocenters. The Hall–Kier alpha value is -2.40. The summed E-state index contributed by atoms with van der Waals surface area (Å²) >= 11 is 0. The molecule has 0 bridgehead atoms. The number of aryl methyl sites for hydroxylation is 1. The summed E-state index contributed by atoms with van der Waals surface area (Å²) in [5.74, 6) is -0.365. The van der Waals surface area contributed by atoms with Crippen LogP contribution in [0.5, 0.6) is 0 Å². The topological polar surface area (TPSA) is 60.4 Å². The normalized spacial score (nSPS) is 16.9. The van der Waals surface area contributed by atoms with Gasteiger partial charge in [-0.1, -0.05) is 42.0 Å². The van der Waals surface area contributed by atoms with Crippen LogP contribution in [0.1, 0.15) is 30.5 Å². The van der Waals surface area contributed by atoms with Crippen molar-refractivity contribution in [2.75, 3.05) is 6.26 Å². The van der Waals surface area contributed by atoms with Crippen molar-refractivity contribution >= 4 is 27.0 Å². The van der Waals surface area contributed by atoms with Gasteiger partial charge in [-0.2, -0.15) is 0 Å². The average Bonchev–Trinajstić information content (AvgIpc) is 2.76. The first-order chi connectivity index (χ1) is 11.6. The van der Waals surface area contributed by atoms with Gasteiger partial charge in [0.2, 0.25) is 0 Å². The third-order valence-electron chi connectivity index (χ3n) is 4.32. The summed E-state index contributed by atoms with van der Waals surface area (Å²) in [4.78, 5) is 12.8. The van der Waals surface area contributed by atoms with Crippen LogP contribution in [0.2, 0.25) is 0 Å². The molecule has 1 heterocycles. The summed E-state index contributed by atoms with van der Waals surface area (Å²) in [5, 5.41) is 0. The molecule has 3 rings (SSSR count). The second kappa shape index (κ2) is 5.85. The molecule has 4 nitrogen and oxygen atoms in total. The van der Waals surface area contributed by atoms with Crippen LogP contribution in [0, 0.1) is 6.92 Å². The Morgan fingerprint density at radius 2 is 1.40 bits per heavy atom. The maximum atomic E-state index is 12.5. The van der Waals surface area contributed by atoms with E-state index in [2.05, 4.69) is 0 Å². The lowest BCUT2D eigenvalue weighted by Crippen LogP contribution is -2.22. The molecule has 0 spiro atoms. The fraction of sp³-hybridized carbons (Fsp3) is 0.250. The van der Waals surface area contributed by atoms with E-state index < -0.39 is 15.4 Å². The molecule has 2 aromatic rings. The summed E-state index contributed by atoms with van der Waals surface area (Å²) in [5.41, 5.74) is 3.18. The fourth-order valence-corrected chi connectivity index (χ4v) is 3.71. The molecule has 0 unspecified atom stereocenters. The van der Waals surface area contributed by atoms with Crippen LogP contribution in [0.4, 0.5) is 0 Å². The van der Waals surface area contributed by atoms with Gasteiger partial charge in [-0.25, -0.2) is 13.2 Å². The van der Waals surface area contributed by atoms with E-state index in [1.54, 1.807) is 24.3 Å². The van der Waals surface area contributed by atoms with Crippen molar-refractivity contribution in [3.8, 4) is 0 Å². The number of cyclic esters (lactones) is 1. The molecule has 0 amide bonds. The van der Waals surface area contributed by atoms with E-state index in [1.807, 2.05) is 45.0 Å². The summed E-state index contributed by atoms with van der Waals surface area (Å²) in [6.45, 7) is 5.66. The lowest BCUT2D eigenvalue weighted by atomic mass is 9.87. The van der Waals surface area contributed by atoms with Crippen LogP contribution in [0.15, 0.2) is 53.4 Å². The zero-order valence-electron chi connectivity index (χ0n) is 14.7. The van der Waals surface area contributed by atoms with Gasteiger partial charge < -0.3 is 4.74 Å². The van der Waals surface area contributed by atoms with Crippen molar-refractivity contribution in [3.05, 3.63) is 65.2 Å². The van der Waals surface area contributed by atoms with E-state index in [-0.39, 0.29) is 10.9 Å². The van der Waals surface area contributed by atoms with E-state index >= 15 is 0 Å². The van der Waals surface area contributed by atoms with Gasteiger partial charge >= 0.3 is 5.97 Å². The highest BCUT2D eigenvalue weighted by molar-refractivity contribution is 7.90. The van der Waals surface area contributed by atoms with Gasteiger partial charge in [-0.3, -0.25) is 0 Å². The highest BCUT2D eigenvalue weighted by Crippen LogP contribution is 2.43. The third kappa shape index (κ3) is 3.24. The van der Waals surface area contributed by atoms with Gasteiger partial charge in [0.1, 0.15) is 5.60 Å². The number of ether oxygens (including phenoxy) is 1. The number of rotatable bonds is 3. The van der Waals surface area contributed by atoms with Crippen LogP contribution in [0.3, 0.4) is 0 Å². The number of esters is 1. The molecule has 0 N–H and O–H groups in total. The second-order valence-corrected chi connectivity index (χ2v) is 8.83. The Bertz CT molecular complexity index is 963. The molecule has 5 heteroatoms. The predicted molar refractivity (Wildman–Crippen MR) is 97.7 cm³/mol. The second-order valence-electron chi connectivity index (χ2n) is 6.81. The first-order valence-electron chi connectivity index (χ1n) is 7.95. The van der Waals surface area contributed by atoms with Crippen LogP contribution < -0.4 is 0 Å². The molecule has 2 aromatic carbocycles. The quantitative estimate of drug-likeness (QED) is 0.788. The van der Waals surface area contributed by atoms with E-state index in [9.17, 15) is 13.2 Å². The van der Waals surface area contributed by atoms with E-state index in [4.69, 9.17) is 4.74 Å². The van der Waals surface area contributed by atoms with Crippen molar-refractivity contribution in [1.29, 1.82) is 0 Å². The zero-order chi connectivity index (χ0) is 18.4. The third-order valence-corrected chi connectivity index (χ3v) is 5.44. The number of hydrogen-bond donors (Lipinski definition) is 0. The monoisotopic (exact) mass is 356 g/mol. The molecular weight excluding hydrogens is 336 g/mol. The molecule has 130 valence electrons. The standard InChI is InChI=1S/C20H20O4S/c1-13-5-7-14(8-6-13)17-18(20(2,3)24-19(17)21)15-9-11-16(12-10-15)25(4,22)23/h5-12H,1-4H3. The predicted octanol–water partition coefficient (Wildman–Crippen LogP) is 3.64. The molecule has 0 radical (unpaired) electrons. The Morgan fingerprint density at radius 3 is 1.92 bits per heavy atom. The largest absolute Gasteiger partial charge is 0.451 e. The Balaban J connectivity index is 2.20. The number of sulfone groups is 1. The number of carbonyl (C=O) groups excluding carboxylic acids is 1. The smallest absolute Gasteiger partial charge is 0.340 e. The Labute approximate surface area is 148 Å². The van der Waals surface area contributed by atoms with E-state index in [0.717, 1.165) is 22.3 Å². The van der Waals surface area contributed by atoms with Gasteiger partial charge in [0.15, 0.2) is 9.84 Å². The lowest BCUT2D eigenvalue weighted by Gasteiger charge is -2.21. The van der Waals surface area contributed by atoms with Crippen LogP contribution in [-0.2, 0) is 19.4 Å². The summed E-state index contributed by atoms with van der Waals surface area (Å²) < 4.78 is 28.9. The van der Waals surface area contributed by atoms with E-state index in [1.165, 1.54) is 6.26 Å². The molecule has 1 aliphatic rings. The van der Waals surface area contributed by atoms with Gasteiger partial charge in [0.25, 0.3) is 0 Å². The van der Waals surface area contributed by atoms with Gasteiger partial charge in [0.05, 0.1) is 10.5 Å². The molecule has 0 aliphatic carbocycles. The molecular formula is C20H20O4S. The van der Waals surface area contributed by atoms with Crippen molar-refractivity contribution < 1.29 is 17.9 Å². The molecule has 1 aliphatic heterocycles. The van der Waals surface area contributed by atoms with Gasteiger partial charge in [-0.05, 0) is 44.0 Å². The number of benzene rings is 2. The maximum absolute atomic E-state index is 12.5. The highest BCUT2D eigenvalue weighted by Gasteiger charge is 2.41. The molecule has 0 saturated carbocycles. The fourth-order valence-electron chi connectivity index (χ4n) is 3.08. The Kier molecular flexibility index (Phi) is 4.07. The SMILES string of the molecule is Cc1ccc(C2=C(c3ccc(S(C)(=O)=O)cc3)C(C)(C)OC2=O)cc1.